The molecule has 0 unspecified atom stereocenters. The molecule has 1 heterocycles. The predicted molar refractivity (Wildman–Crippen MR) is 89.2 cm³/mol. The Kier molecular flexibility index (Phi) is 6.33. The summed E-state index contributed by atoms with van der Waals surface area (Å²) < 4.78 is 14.8. The molecule has 2 rings (SSSR count). The molecule has 2 aromatic rings. The second-order valence-electron chi connectivity index (χ2n) is 5.67. The number of benzene rings is 1. The van der Waals surface area contributed by atoms with Gasteiger partial charge >= 0.3 is 11.9 Å². The summed E-state index contributed by atoms with van der Waals surface area (Å²) in [6, 6.07) is 9.22. The number of esters is 2. The van der Waals surface area contributed by atoms with Crippen molar-refractivity contribution in [2.75, 3.05) is 18.5 Å². The summed E-state index contributed by atoms with van der Waals surface area (Å²) in [6.45, 7) is 3.80. The van der Waals surface area contributed by atoms with Crippen LogP contribution in [0.25, 0.3) is 0 Å². The number of nitrogens with one attached hydrogen (secondary N) is 1. The van der Waals surface area contributed by atoms with Gasteiger partial charge in [-0.3, -0.25) is 4.79 Å². The van der Waals surface area contributed by atoms with Crippen molar-refractivity contribution >= 4 is 23.5 Å². The summed E-state index contributed by atoms with van der Waals surface area (Å²) in [5.41, 5.74) is 0.863. The minimum absolute atomic E-state index is 0.0251. The van der Waals surface area contributed by atoms with Crippen LogP contribution in [-0.2, 0) is 14.3 Å². The lowest BCUT2D eigenvalue weighted by molar-refractivity contribution is -0.119. The Morgan fingerprint density at radius 1 is 1.04 bits per heavy atom. The molecular weight excluding hydrogens is 326 g/mol. The smallest absolute Gasteiger partial charge is 0.374 e. The quantitative estimate of drug-likeness (QED) is 0.775. The number of carbonyl (C=O) groups is 3. The highest BCUT2D eigenvalue weighted by Crippen LogP contribution is 2.11. The van der Waals surface area contributed by atoms with E-state index in [0.717, 1.165) is 0 Å². The molecule has 1 N–H and O–H groups in total. The number of amides is 1. The van der Waals surface area contributed by atoms with Crippen LogP contribution in [0.3, 0.4) is 0 Å². The summed E-state index contributed by atoms with van der Waals surface area (Å²) in [5, 5.41) is 2.56. The second-order valence-corrected chi connectivity index (χ2v) is 5.67. The number of hydrogen-bond acceptors (Lipinski definition) is 6. The van der Waals surface area contributed by atoms with E-state index in [1.54, 1.807) is 30.3 Å². The zero-order chi connectivity index (χ0) is 18.2. The van der Waals surface area contributed by atoms with Crippen molar-refractivity contribution in [3.05, 3.63) is 54.0 Å². The molecule has 7 heteroatoms. The Morgan fingerprint density at radius 2 is 1.76 bits per heavy atom. The fourth-order valence-corrected chi connectivity index (χ4v) is 1.81. The lowest BCUT2D eigenvalue weighted by Gasteiger charge is -2.08. The van der Waals surface area contributed by atoms with E-state index in [4.69, 9.17) is 13.9 Å². The summed E-state index contributed by atoms with van der Waals surface area (Å²) in [4.78, 5) is 35.1. The summed E-state index contributed by atoms with van der Waals surface area (Å²) in [7, 11) is 0. The number of furan rings is 1. The largest absolute Gasteiger partial charge is 0.462 e. The van der Waals surface area contributed by atoms with E-state index in [1.807, 2.05) is 13.8 Å². The Balaban J connectivity index is 1.81. The van der Waals surface area contributed by atoms with Crippen molar-refractivity contribution in [2.24, 2.45) is 5.92 Å². The lowest BCUT2D eigenvalue weighted by atomic mass is 10.2. The Morgan fingerprint density at radius 3 is 2.36 bits per heavy atom. The topological polar surface area (TPSA) is 94.8 Å². The van der Waals surface area contributed by atoms with Gasteiger partial charge in [0.1, 0.15) is 0 Å². The fourth-order valence-electron chi connectivity index (χ4n) is 1.81. The molecule has 1 aromatic carbocycles. The van der Waals surface area contributed by atoms with Gasteiger partial charge < -0.3 is 19.2 Å². The van der Waals surface area contributed by atoms with E-state index in [2.05, 4.69) is 5.32 Å². The lowest BCUT2D eigenvalue weighted by Crippen LogP contribution is -2.20. The third-order valence-corrected chi connectivity index (χ3v) is 3.01. The Bertz CT molecular complexity index is 719. The number of rotatable bonds is 7. The van der Waals surface area contributed by atoms with Crippen LogP contribution >= 0.6 is 0 Å². The van der Waals surface area contributed by atoms with E-state index in [9.17, 15) is 14.4 Å². The maximum atomic E-state index is 11.8. The molecule has 1 amide bonds. The second kappa shape index (κ2) is 8.68. The van der Waals surface area contributed by atoms with Crippen molar-refractivity contribution in [2.45, 2.75) is 13.8 Å². The zero-order valence-electron chi connectivity index (χ0n) is 14.0. The van der Waals surface area contributed by atoms with Crippen molar-refractivity contribution < 1.29 is 28.3 Å². The molecule has 0 aliphatic rings. The summed E-state index contributed by atoms with van der Waals surface area (Å²) in [5.74, 6) is -1.36. The molecule has 1 aromatic heterocycles. The first-order valence-corrected chi connectivity index (χ1v) is 7.73. The van der Waals surface area contributed by atoms with Crippen molar-refractivity contribution in [1.29, 1.82) is 0 Å². The van der Waals surface area contributed by atoms with Crippen LogP contribution < -0.4 is 5.32 Å². The van der Waals surface area contributed by atoms with E-state index in [1.165, 1.54) is 12.3 Å². The third kappa shape index (κ3) is 5.80. The normalized spacial score (nSPS) is 10.4. The highest BCUT2D eigenvalue weighted by Gasteiger charge is 2.13. The van der Waals surface area contributed by atoms with Gasteiger partial charge in [0.25, 0.3) is 5.91 Å². The van der Waals surface area contributed by atoms with E-state index >= 15 is 0 Å². The minimum Gasteiger partial charge on any atom is -0.462 e. The fraction of sp³-hybridized carbons (Fsp3) is 0.278. The highest BCUT2D eigenvalue weighted by atomic mass is 16.5. The molecule has 25 heavy (non-hydrogen) atoms. The van der Waals surface area contributed by atoms with Crippen molar-refractivity contribution in [3.63, 3.8) is 0 Å². The zero-order valence-corrected chi connectivity index (χ0v) is 14.0. The number of ether oxygens (including phenoxy) is 2. The number of hydrogen-bond donors (Lipinski definition) is 1. The first-order valence-electron chi connectivity index (χ1n) is 7.73. The highest BCUT2D eigenvalue weighted by molar-refractivity contribution is 5.95. The van der Waals surface area contributed by atoms with E-state index in [-0.39, 0.29) is 11.7 Å². The van der Waals surface area contributed by atoms with Crippen LogP contribution in [0.15, 0.2) is 47.1 Å². The van der Waals surface area contributed by atoms with E-state index < -0.39 is 24.5 Å². The number of anilines is 1. The van der Waals surface area contributed by atoms with Gasteiger partial charge in [0.2, 0.25) is 5.76 Å². The molecule has 0 spiro atoms. The molecule has 0 fully saturated rings. The van der Waals surface area contributed by atoms with Gasteiger partial charge in [-0.15, -0.1) is 0 Å². The number of carbonyl (C=O) groups excluding carboxylic acids is 3. The van der Waals surface area contributed by atoms with Crippen LogP contribution in [0.5, 0.6) is 0 Å². The van der Waals surface area contributed by atoms with Crippen LogP contribution in [0.2, 0.25) is 0 Å². The van der Waals surface area contributed by atoms with Crippen LogP contribution in [0.4, 0.5) is 5.69 Å². The maximum Gasteiger partial charge on any atom is 0.374 e. The van der Waals surface area contributed by atoms with Gasteiger partial charge in [0.15, 0.2) is 6.61 Å². The first kappa shape index (κ1) is 18.3. The van der Waals surface area contributed by atoms with Crippen LogP contribution in [0, 0.1) is 5.92 Å². The standard InChI is InChI=1S/C18H19NO6/c1-12(2)10-24-17(21)13-5-7-14(8-6-13)19-16(20)11-25-18(22)15-4-3-9-23-15/h3-9,12H,10-11H2,1-2H3,(H,19,20). The van der Waals surface area contributed by atoms with Gasteiger partial charge in [0, 0.05) is 5.69 Å². The molecular formula is C18H19NO6. The van der Waals surface area contributed by atoms with Gasteiger partial charge in [-0.1, -0.05) is 13.8 Å². The SMILES string of the molecule is CC(C)COC(=O)c1ccc(NC(=O)COC(=O)c2ccco2)cc1. The van der Waals surface area contributed by atoms with Gasteiger partial charge in [0.05, 0.1) is 18.4 Å². The summed E-state index contributed by atoms with van der Waals surface area (Å²) in [6.07, 6.45) is 1.34. The predicted octanol–water partition coefficient (Wildman–Crippen LogP) is 2.89. The van der Waals surface area contributed by atoms with Crippen molar-refractivity contribution in [3.8, 4) is 0 Å². The van der Waals surface area contributed by atoms with Gasteiger partial charge in [-0.2, -0.15) is 0 Å². The average Bonchev–Trinajstić information content (AvgIpc) is 3.13. The Hall–Kier alpha value is -3.09. The molecule has 0 saturated heterocycles. The molecule has 0 radical (unpaired) electrons. The van der Waals surface area contributed by atoms with Gasteiger partial charge in [-0.05, 0) is 42.3 Å². The molecule has 0 atom stereocenters. The first-order chi connectivity index (χ1) is 12.0. The van der Waals surface area contributed by atoms with Crippen LogP contribution in [0.1, 0.15) is 34.8 Å². The molecule has 0 saturated carbocycles. The van der Waals surface area contributed by atoms with Crippen molar-refractivity contribution in [1.82, 2.24) is 0 Å². The van der Waals surface area contributed by atoms with Crippen LogP contribution in [-0.4, -0.2) is 31.1 Å². The molecule has 132 valence electrons. The molecule has 0 bridgehead atoms. The maximum absolute atomic E-state index is 11.8. The van der Waals surface area contributed by atoms with Gasteiger partial charge in [-0.25, -0.2) is 9.59 Å². The summed E-state index contributed by atoms with van der Waals surface area (Å²) >= 11 is 0. The van der Waals surface area contributed by atoms with E-state index in [0.29, 0.717) is 17.9 Å². The molecule has 0 aliphatic carbocycles. The third-order valence-electron chi connectivity index (χ3n) is 3.01. The monoisotopic (exact) mass is 345 g/mol. The Labute approximate surface area is 144 Å². The molecule has 0 aliphatic heterocycles. The minimum atomic E-state index is -0.719. The average molecular weight is 345 g/mol. The molecule has 7 nitrogen and oxygen atoms in total.